The number of rotatable bonds is 5. The first-order chi connectivity index (χ1) is 12.1. The molecule has 6 heteroatoms. The molecule has 6 nitrogen and oxygen atoms in total. The van der Waals surface area contributed by atoms with Crippen molar-refractivity contribution in [3.8, 4) is 0 Å². The average Bonchev–Trinajstić information content (AvgIpc) is 3.09. The van der Waals surface area contributed by atoms with Gasteiger partial charge in [-0.1, -0.05) is 11.7 Å². The molecule has 25 heavy (non-hydrogen) atoms. The zero-order chi connectivity index (χ0) is 17.8. The Morgan fingerprint density at radius 1 is 1.32 bits per heavy atom. The second-order valence-electron chi connectivity index (χ2n) is 6.89. The van der Waals surface area contributed by atoms with E-state index in [1.807, 2.05) is 11.8 Å². The van der Waals surface area contributed by atoms with Crippen molar-refractivity contribution in [2.75, 3.05) is 26.2 Å². The Morgan fingerprint density at radius 2 is 2.04 bits per heavy atom. The van der Waals surface area contributed by atoms with Crippen LogP contribution in [0.4, 0.5) is 0 Å². The van der Waals surface area contributed by atoms with Gasteiger partial charge in [0.05, 0.1) is 12.2 Å². The number of nitrogens with zero attached hydrogens (tertiary/aromatic N) is 3. The Bertz CT molecular complexity index is 644. The smallest absolute Gasteiger partial charge is 0.246 e. The summed E-state index contributed by atoms with van der Waals surface area (Å²) in [6, 6.07) is 0. The van der Waals surface area contributed by atoms with Gasteiger partial charge < -0.3 is 14.3 Å². The molecule has 0 atom stereocenters. The first kappa shape index (κ1) is 17.7. The molecule has 1 fully saturated rings. The number of amides is 2. The van der Waals surface area contributed by atoms with Crippen molar-refractivity contribution in [1.29, 1.82) is 0 Å². The topological polar surface area (TPSA) is 66.7 Å². The van der Waals surface area contributed by atoms with Crippen LogP contribution in [0.2, 0.25) is 0 Å². The number of piperidine rings is 1. The number of aromatic nitrogens is 1. The van der Waals surface area contributed by atoms with Gasteiger partial charge in [-0.25, -0.2) is 0 Å². The third-order valence-corrected chi connectivity index (χ3v) is 5.40. The molecule has 2 amide bonds. The maximum atomic E-state index is 12.5. The van der Waals surface area contributed by atoms with Gasteiger partial charge in [0.1, 0.15) is 5.76 Å². The molecule has 0 bridgehead atoms. The lowest BCUT2D eigenvalue weighted by molar-refractivity contribution is -0.138. The fourth-order valence-corrected chi connectivity index (χ4v) is 3.86. The van der Waals surface area contributed by atoms with Gasteiger partial charge in [-0.05, 0) is 51.5 Å². The summed E-state index contributed by atoms with van der Waals surface area (Å²) in [6.45, 7) is 7.41. The number of hydrogen-bond donors (Lipinski definition) is 0. The second-order valence-corrected chi connectivity index (χ2v) is 6.89. The van der Waals surface area contributed by atoms with Crippen molar-refractivity contribution in [3.05, 3.63) is 29.7 Å². The lowest BCUT2D eigenvalue weighted by Gasteiger charge is -2.33. The predicted octanol–water partition coefficient (Wildman–Crippen LogP) is 2.29. The molecule has 0 saturated carbocycles. The minimum absolute atomic E-state index is 0.00935. The summed E-state index contributed by atoms with van der Waals surface area (Å²) >= 11 is 0. The number of likely N-dealkylation sites (tertiary alicyclic amines) is 1. The number of carbonyl (C=O) groups excluding carboxylic acids is 2. The molecule has 136 valence electrons. The predicted molar refractivity (Wildman–Crippen MR) is 94.2 cm³/mol. The molecule has 1 aromatic rings. The van der Waals surface area contributed by atoms with Gasteiger partial charge in [0.15, 0.2) is 0 Å². The van der Waals surface area contributed by atoms with Gasteiger partial charge in [0.2, 0.25) is 11.8 Å². The summed E-state index contributed by atoms with van der Waals surface area (Å²) < 4.78 is 5.66. The van der Waals surface area contributed by atoms with Crippen LogP contribution < -0.4 is 0 Å². The lowest BCUT2D eigenvalue weighted by atomic mass is 9.87. The molecule has 1 aliphatic carbocycles. The Balaban J connectivity index is 1.56. The molecule has 2 heterocycles. The van der Waals surface area contributed by atoms with E-state index in [1.54, 1.807) is 0 Å². The number of hydrogen-bond acceptors (Lipinski definition) is 4. The second kappa shape index (κ2) is 7.85. The van der Waals surface area contributed by atoms with Crippen LogP contribution in [0, 0.1) is 0 Å². The van der Waals surface area contributed by atoms with Gasteiger partial charge in [0.25, 0.3) is 0 Å². The monoisotopic (exact) mass is 345 g/mol. The van der Waals surface area contributed by atoms with Crippen molar-refractivity contribution in [2.45, 2.75) is 51.4 Å². The molecule has 0 radical (unpaired) electrons. The third-order valence-electron chi connectivity index (χ3n) is 5.40. The van der Waals surface area contributed by atoms with Crippen LogP contribution in [0.15, 0.2) is 17.2 Å². The van der Waals surface area contributed by atoms with Gasteiger partial charge in [-0.2, -0.15) is 0 Å². The standard InChI is InChI=1S/C19H27N3O3/c1-3-17(23)21(4-2)13-18(24)22-11-9-14(10-12-22)19-15-7-5-6-8-16(15)20-25-19/h3,14H,1,4-13H2,2H3. The molecule has 0 aromatic carbocycles. The van der Waals surface area contributed by atoms with Crippen molar-refractivity contribution in [1.82, 2.24) is 15.0 Å². The zero-order valence-electron chi connectivity index (χ0n) is 15.0. The quantitative estimate of drug-likeness (QED) is 0.768. The number of likely N-dealkylation sites (N-methyl/N-ethyl adjacent to an activating group) is 1. The fraction of sp³-hybridized carbons (Fsp3) is 0.632. The van der Waals surface area contributed by atoms with E-state index in [-0.39, 0.29) is 18.4 Å². The van der Waals surface area contributed by atoms with E-state index in [9.17, 15) is 9.59 Å². The van der Waals surface area contributed by atoms with E-state index in [1.165, 1.54) is 29.4 Å². The van der Waals surface area contributed by atoms with Crippen molar-refractivity contribution < 1.29 is 14.1 Å². The first-order valence-corrected chi connectivity index (χ1v) is 9.30. The number of carbonyl (C=O) groups is 2. The SMILES string of the molecule is C=CC(=O)N(CC)CC(=O)N1CCC(c2onc3c2CCCC3)CC1. The molecule has 1 aromatic heterocycles. The minimum Gasteiger partial charge on any atom is -0.361 e. The van der Waals surface area contributed by atoms with E-state index in [0.717, 1.165) is 37.1 Å². The van der Waals surface area contributed by atoms with Crippen LogP contribution >= 0.6 is 0 Å². The summed E-state index contributed by atoms with van der Waals surface area (Å²) in [7, 11) is 0. The van der Waals surface area contributed by atoms with Gasteiger partial charge in [0, 0.05) is 31.1 Å². The normalized spacial score (nSPS) is 17.9. The highest BCUT2D eigenvalue weighted by Crippen LogP contribution is 2.34. The summed E-state index contributed by atoms with van der Waals surface area (Å²) in [6.07, 6.45) is 7.56. The van der Waals surface area contributed by atoms with Crippen molar-refractivity contribution >= 4 is 11.8 Å². The van der Waals surface area contributed by atoms with Gasteiger partial charge >= 0.3 is 0 Å². The summed E-state index contributed by atoms with van der Waals surface area (Å²) in [5.41, 5.74) is 2.46. The summed E-state index contributed by atoms with van der Waals surface area (Å²) in [4.78, 5) is 27.6. The molecule has 1 aliphatic heterocycles. The van der Waals surface area contributed by atoms with E-state index in [4.69, 9.17) is 4.52 Å². The van der Waals surface area contributed by atoms with Crippen LogP contribution in [0.3, 0.4) is 0 Å². The molecule has 0 unspecified atom stereocenters. The Labute approximate surface area is 148 Å². The molecule has 1 saturated heterocycles. The Hall–Kier alpha value is -2.11. The fourth-order valence-electron chi connectivity index (χ4n) is 3.86. The highest BCUT2D eigenvalue weighted by atomic mass is 16.5. The molecule has 0 spiro atoms. The van der Waals surface area contributed by atoms with E-state index >= 15 is 0 Å². The highest BCUT2D eigenvalue weighted by molar-refractivity contribution is 5.90. The highest BCUT2D eigenvalue weighted by Gasteiger charge is 2.30. The Morgan fingerprint density at radius 3 is 2.72 bits per heavy atom. The average molecular weight is 345 g/mol. The number of aryl methyl sites for hydroxylation is 1. The minimum atomic E-state index is -0.195. The lowest BCUT2D eigenvalue weighted by Crippen LogP contribution is -2.45. The number of fused-ring (bicyclic) bond motifs is 1. The van der Waals surface area contributed by atoms with Crippen LogP contribution in [-0.2, 0) is 22.4 Å². The largest absolute Gasteiger partial charge is 0.361 e. The Kier molecular flexibility index (Phi) is 5.56. The molecular weight excluding hydrogens is 318 g/mol. The maximum Gasteiger partial charge on any atom is 0.246 e. The zero-order valence-corrected chi connectivity index (χ0v) is 15.0. The van der Waals surface area contributed by atoms with Crippen molar-refractivity contribution in [2.24, 2.45) is 0 Å². The molecular formula is C19H27N3O3. The van der Waals surface area contributed by atoms with E-state index < -0.39 is 0 Å². The van der Waals surface area contributed by atoms with E-state index in [2.05, 4.69) is 11.7 Å². The van der Waals surface area contributed by atoms with Crippen LogP contribution in [0.1, 0.15) is 55.5 Å². The maximum absolute atomic E-state index is 12.5. The molecule has 2 aliphatic rings. The van der Waals surface area contributed by atoms with Crippen LogP contribution in [-0.4, -0.2) is 52.9 Å². The summed E-state index contributed by atoms with van der Waals surface area (Å²) in [5, 5.41) is 4.26. The first-order valence-electron chi connectivity index (χ1n) is 9.30. The molecule has 0 N–H and O–H groups in total. The van der Waals surface area contributed by atoms with Crippen LogP contribution in [0.5, 0.6) is 0 Å². The van der Waals surface area contributed by atoms with Crippen molar-refractivity contribution in [3.63, 3.8) is 0 Å². The third kappa shape index (κ3) is 3.78. The van der Waals surface area contributed by atoms with Gasteiger partial charge in [-0.15, -0.1) is 0 Å². The molecule has 3 rings (SSSR count). The van der Waals surface area contributed by atoms with Crippen LogP contribution in [0.25, 0.3) is 0 Å². The summed E-state index contributed by atoms with van der Waals surface area (Å²) in [5.74, 6) is 1.23. The van der Waals surface area contributed by atoms with E-state index in [0.29, 0.717) is 25.6 Å². The van der Waals surface area contributed by atoms with Gasteiger partial charge in [-0.3, -0.25) is 9.59 Å².